The Hall–Kier alpha value is -3.82. The Labute approximate surface area is 272 Å². The molecule has 2 aliphatic rings. The molecule has 2 saturated heterocycles. The number of carbonyl (C=O) groups is 1. The Kier molecular flexibility index (Phi) is 9.70. The summed E-state index contributed by atoms with van der Waals surface area (Å²) in [5.41, 5.74) is 6.78. The second-order valence-electron chi connectivity index (χ2n) is 14.0. The van der Waals surface area contributed by atoms with E-state index < -0.39 is 5.60 Å². The Balaban J connectivity index is 1.22. The number of aryl methyl sites for hydroxylation is 3. The van der Waals surface area contributed by atoms with Crippen molar-refractivity contribution >= 4 is 22.7 Å². The molecule has 0 spiro atoms. The molecule has 4 aromatic rings. The predicted octanol–water partition coefficient (Wildman–Crippen LogP) is 6.04. The Bertz CT molecular complexity index is 1650. The number of rotatable bonds is 10. The SMILES string of the molecule is Cc1cc(C)n(-c2cc([C@H](CC(=O)OC(C)(C)C)CN3CC[C@H](CCc4ccc5cccnc5n4)C3)cc(N3CCOCC3)c2)n1. The summed E-state index contributed by atoms with van der Waals surface area (Å²) in [5, 5.41) is 5.89. The smallest absolute Gasteiger partial charge is 0.306 e. The second-order valence-corrected chi connectivity index (χ2v) is 14.0. The molecule has 2 atom stereocenters. The fraction of sp³-hybridized carbons (Fsp3) is 0.514. The molecule has 3 aromatic heterocycles. The number of anilines is 1. The quantitative estimate of drug-likeness (QED) is 0.198. The van der Waals surface area contributed by atoms with E-state index in [1.807, 2.05) is 38.4 Å². The molecule has 0 aliphatic carbocycles. The van der Waals surface area contributed by atoms with Gasteiger partial charge in [-0.25, -0.2) is 14.6 Å². The first-order valence-electron chi connectivity index (χ1n) is 16.8. The lowest BCUT2D eigenvalue weighted by Gasteiger charge is -2.31. The van der Waals surface area contributed by atoms with Crippen molar-refractivity contribution in [3.8, 4) is 5.69 Å². The largest absolute Gasteiger partial charge is 0.460 e. The third-order valence-corrected chi connectivity index (χ3v) is 9.04. The standard InChI is InChI=1S/C37H48N6O3/c1-26-19-27(2)43(40-26)34-21-30(20-33(23-34)42-15-17-45-18-16-42)31(22-35(44)46-37(3,4)5)25-41-14-12-28(24-41)8-10-32-11-9-29-7-6-13-38-36(29)39-32/h6-7,9,11,13,19-21,23,28,31H,8,10,12,14-18,22,24-25H2,1-5H3/t28-,31+/m0/s1. The summed E-state index contributed by atoms with van der Waals surface area (Å²) < 4.78 is 13.6. The van der Waals surface area contributed by atoms with Gasteiger partial charge in [-0.2, -0.15) is 5.10 Å². The van der Waals surface area contributed by atoms with Crippen molar-refractivity contribution in [2.75, 3.05) is 50.8 Å². The average Bonchev–Trinajstić information content (AvgIpc) is 3.63. The van der Waals surface area contributed by atoms with Crippen molar-refractivity contribution in [3.05, 3.63) is 77.4 Å². The van der Waals surface area contributed by atoms with Gasteiger partial charge in [-0.05, 0) is 120 Å². The van der Waals surface area contributed by atoms with Crippen LogP contribution in [0.3, 0.4) is 0 Å². The molecule has 1 aromatic carbocycles. The molecular weight excluding hydrogens is 576 g/mol. The third kappa shape index (κ3) is 8.12. The van der Waals surface area contributed by atoms with Crippen LogP contribution in [-0.4, -0.2) is 82.2 Å². The van der Waals surface area contributed by atoms with E-state index in [2.05, 4.69) is 64.2 Å². The zero-order valence-electron chi connectivity index (χ0n) is 28.0. The summed E-state index contributed by atoms with van der Waals surface area (Å²) in [6.45, 7) is 15.9. The molecule has 2 fully saturated rings. The lowest BCUT2D eigenvalue weighted by atomic mass is 9.93. The van der Waals surface area contributed by atoms with E-state index in [1.165, 1.54) is 0 Å². The maximum atomic E-state index is 13.3. The topological polar surface area (TPSA) is 85.6 Å². The number of ether oxygens (including phenoxy) is 2. The Morgan fingerprint density at radius 3 is 2.61 bits per heavy atom. The molecule has 0 unspecified atom stereocenters. The summed E-state index contributed by atoms with van der Waals surface area (Å²) in [6.07, 6.45) is 5.32. The van der Waals surface area contributed by atoms with Crippen LogP contribution in [0.15, 0.2) is 54.7 Å². The maximum Gasteiger partial charge on any atom is 0.306 e. The van der Waals surface area contributed by atoms with E-state index in [9.17, 15) is 4.79 Å². The van der Waals surface area contributed by atoms with Gasteiger partial charge in [-0.15, -0.1) is 0 Å². The van der Waals surface area contributed by atoms with E-state index >= 15 is 0 Å². The third-order valence-electron chi connectivity index (χ3n) is 9.04. The van der Waals surface area contributed by atoms with Crippen LogP contribution in [0, 0.1) is 19.8 Å². The molecule has 2 aliphatic heterocycles. The summed E-state index contributed by atoms with van der Waals surface area (Å²) >= 11 is 0. The number of carbonyl (C=O) groups excluding carboxylic acids is 1. The molecule has 244 valence electrons. The van der Waals surface area contributed by atoms with Crippen LogP contribution in [0.25, 0.3) is 16.7 Å². The lowest BCUT2D eigenvalue weighted by Crippen LogP contribution is -2.36. The molecule has 9 heteroatoms. The first kappa shape index (κ1) is 32.1. The monoisotopic (exact) mass is 624 g/mol. The van der Waals surface area contributed by atoms with Crippen LogP contribution in [0.1, 0.15) is 68.6 Å². The summed E-state index contributed by atoms with van der Waals surface area (Å²) in [5.74, 6) is 0.417. The van der Waals surface area contributed by atoms with E-state index in [0.717, 1.165) is 97.0 Å². The summed E-state index contributed by atoms with van der Waals surface area (Å²) in [7, 11) is 0. The number of hydrogen-bond donors (Lipinski definition) is 0. The van der Waals surface area contributed by atoms with E-state index in [-0.39, 0.29) is 11.9 Å². The van der Waals surface area contributed by atoms with Crippen molar-refractivity contribution in [3.63, 3.8) is 0 Å². The number of morpholine rings is 1. The van der Waals surface area contributed by atoms with Gasteiger partial charge in [-0.3, -0.25) is 4.79 Å². The van der Waals surface area contributed by atoms with Gasteiger partial charge in [0.05, 0.1) is 31.0 Å². The number of benzene rings is 1. The minimum atomic E-state index is -0.531. The van der Waals surface area contributed by atoms with Gasteiger partial charge >= 0.3 is 5.97 Å². The van der Waals surface area contributed by atoms with Gasteiger partial charge in [0.25, 0.3) is 0 Å². The molecule has 0 amide bonds. The van der Waals surface area contributed by atoms with Crippen molar-refractivity contribution in [1.29, 1.82) is 0 Å². The first-order valence-corrected chi connectivity index (χ1v) is 16.8. The predicted molar refractivity (Wildman–Crippen MR) is 182 cm³/mol. The van der Waals surface area contributed by atoms with Crippen LogP contribution in [-0.2, 0) is 20.7 Å². The molecule has 0 saturated carbocycles. The van der Waals surface area contributed by atoms with E-state index in [1.54, 1.807) is 6.20 Å². The molecule has 46 heavy (non-hydrogen) atoms. The second kappa shape index (κ2) is 13.9. The zero-order valence-corrected chi connectivity index (χ0v) is 28.0. The highest BCUT2D eigenvalue weighted by atomic mass is 16.6. The maximum absolute atomic E-state index is 13.3. The fourth-order valence-electron chi connectivity index (χ4n) is 6.85. The van der Waals surface area contributed by atoms with Crippen LogP contribution in [0.4, 0.5) is 5.69 Å². The van der Waals surface area contributed by atoms with Gasteiger partial charge in [0.15, 0.2) is 5.65 Å². The van der Waals surface area contributed by atoms with Crippen molar-refractivity contribution in [2.45, 2.75) is 71.8 Å². The summed E-state index contributed by atoms with van der Waals surface area (Å²) in [6, 6.07) is 17.1. The molecule has 5 heterocycles. The van der Waals surface area contributed by atoms with Gasteiger partial charge in [0.2, 0.25) is 0 Å². The average molecular weight is 625 g/mol. The summed E-state index contributed by atoms with van der Waals surface area (Å²) in [4.78, 5) is 27.5. The van der Waals surface area contributed by atoms with E-state index in [0.29, 0.717) is 25.6 Å². The van der Waals surface area contributed by atoms with Crippen LogP contribution >= 0.6 is 0 Å². The molecule has 0 N–H and O–H groups in total. The van der Waals surface area contributed by atoms with Crippen LogP contribution in [0.5, 0.6) is 0 Å². The van der Waals surface area contributed by atoms with Gasteiger partial charge in [0, 0.05) is 60.8 Å². The number of aromatic nitrogens is 4. The van der Waals surface area contributed by atoms with Crippen LogP contribution < -0.4 is 4.90 Å². The lowest BCUT2D eigenvalue weighted by molar-refractivity contribution is -0.155. The highest BCUT2D eigenvalue weighted by Gasteiger charge is 2.29. The van der Waals surface area contributed by atoms with Gasteiger partial charge in [0.1, 0.15) is 5.60 Å². The molecule has 9 nitrogen and oxygen atoms in total. The minimum absolute atomic E-state index is 0.0152. The zero-order chi connectivity index (χ0) is 32.3. The molecular formula is C37H48N6O3. The number of hydrogen-bond acceptors (Lipinski definition) is 8. The highest BCUT2D eigenvalue weighted by molar-refractivity contribution is 5.74. The van der Waals surface area contributed by atoms with Crippen molar-refractivity contribution in [2.24, 2.45) is 5.92 Å². The van der Waals surface area contributed by atoms with E-state index in [4.69, 9.17) is 19.6 Å². The molecule has 0 bridgehead atoms. The normalized spacial score (nSPS) is 18.3. The Morgan fingerprint density at radius 1 is 1.04 bits per heavy atom. The van der Waals surface area contributed by atoms with Gasteiger partial charge in [-0.1, -0.05) is 0 Å². The van der Waals surface area contributed by atoms with Crippen LogP contribution in [0.2, 0.25) is 0 Å². The number of esters is 1. The number of pyridine rings is 2. The number of fused-ring (bicyclic) bond motifs is 1. The Morgan fingerprint density at radius 2 is 1.85 bits per heavy atom. The molecule has 6 rings (SSSR count). The fourth-order valence-corrected chi connectivity index (χ4v) is 6.85. The minimum Gasteiger partial charge on any atom is -0.460 e. The first-order chi connectivity index (χ1) is 22.1. The number of nitrogens with zero attached hydrogens (tertiary/aromatic N) is 6. The number of likely N-dealkylation sites (tertiary alicyclic amines) is 1. The van der Waals surface area contributed by atoms with Crippen molar-refractivity contribution < 1.29 is 14.3 Å². The highest BCUT2D eigenvalue weighted by Crippen LogP contribution is 2.33. The van der Waals surface area contributed by atoms with Gasteiger partial charge < -0.3 is 19.3 Å². The molecule has 0 radical (unpaired) electrons. The van der Waals surface area contributed by atoms with Crippen molar-refractivity contribution in [1.82, 2.24) is 24.6 Å².